The molecule has 186 valence electrons. The minimum Gasteiger partial charge on any atom is -0.507 e. The van der Waals surface area contributed by atoms with E-state index in [0.29, 0.717) is 16.9 Å². The molecule has 0 saturated carbocycles. The number of hydrogen-bond acceptors (Lipinski definition) is 8. The molecule has 1 heterocycles. The molecule has 2 aromatic carbocycles. The number of aryl methyl sites for hydroxylation is 1. The lowest BCUT2D eigenvalue weighted by atomic mass is 10.00. The average molecular weight is 479 g/mol. The monoisotopic (exact) mass is 478 g/mol. The fraction of sp³-hybridized carbons (Fsp3) is 0.400. The van der Waals surface area contributed by atoms with E-state index >= 15 is 0 Å². The van der Waals surface area contributed by atoms with Crippen molar-refractivity contribution in [3.63, 3.8) is 0 Å². The topological polar surface area (TPSA) is 126 Å². The molecule has 2 aromatic rings. The molecule has 5 atom stereocenters. The molecule has 0 bridgehead atoms. The highest BCUT2D eigenvalue weighted by Crippen LogP contribution is 2.34. The van der Waals surface area contributed by atoms with Crippen LogP contribution in [0.5, 0.6) is 17.2 Å². The number of carbonyl (C=O) groups excluding carboxylic acids is 1. The zero-order valence-electron chi connectivity index (χ0n) is 19.5. The van der Waals surface area contributed by atoms with Crippen LogP contribution in [-0.2, 0) is 4.74 Å². The molecule has 8 nitrogen and oxygen atoms in total. The molecule has 4 N–H and O–H groups in total. The normalized spacial score (nSPS) is 24.3. The van der Waals surface area contributed by atoms with Crippen molar-refractivity contribution >= 4 is 11.9 Å². The molecule has 1 aliphatic rings. The number of rotatable bonds is 7. The highest BCUT2D eigenvalue weighted by molar-refractivity contribution is 6.10. The average Bonchev–Trinajstić information content (AvgIpc) is 2.84. The van der Waals surface area contributed by atoms with E-state index in [9.17, 15) is 29.6 Å². The summed E-state index contributed by atoms with van der Waals surface area (Å²) in [6.45, 7) is 4.90. The Labute approximate surface area is 197 Å². The second-order valence-electron chi connectivity index (χ2n) is 7.40. The molecule has 1 fully saturated rings. The Morgan fingerprint density at radius 1 is 1.15 bits per heavy atom. The number of hydrogen-bond donors (Lipinski definition) is 4. The molecule has 0 aromatic heterocycles. The standard InChI is InChI=1S/C23H25FO8.C2H6/c1-12-9-16(27)19(15(26)8-5-13-3-6-14(30-2)7-4-13)17(10-12)31-23-22(29)21(28)20(24)18(11-25)32-23;1-2/h3-10,18,20-23,25,27-29H,11H2,1-2H3;1-2H3/b8-5+;. The Balaban J connectivity index is 0.00000199. The minimum absolute atomic E-state index is 0.128. The number of aliphatic hydroxyl groups is 3. The maximum atomic E-state index is 14.0. The van der Waals surface area contributed by atoms with Gasteiger partial charge in [0, 0.05) is 0 Å². The highest BCUT2D eigenvalue weighted by atomic mass is 19.1. The van der Waals surface area contributed by atoms with Crippen molar-refractivity contribution in [2.24, 2.45) is 0 Å². The van der Waals surface area contributed by atoms with Gasteiger partial charge in [-0.25, -0.2) is 4.39 Å². The van der Waals surface area contributed by atoms with Crippen molar-refractivity contribution in [3.05, 3.63) is 59.2 Å². The number of allylic oxidation sites excluding steroid dienone is 1. The predicted octanol–water partition coefficient (Wildman–Crippen LogP) is 2.79. The van der Waals surface area contributed by atoms with Gasteiger partial charge in [0.25, 0.3) is 0 Å². The fourth-order valence-electron chi connectivity index (χ4n) is 3.31. The van der Waals surface area contributed by atoms with E-state index in [4.69, 9.17) is 14.2 Å². The van der Waals surface area contributed by atoms with Gasteiger partial charge >= 0.3 is 0 Å². The van der Waals surface area contributed by atoms with E-state index in [1.54, 1.807) is 38.3 Å². The maximum absolute atomic E-state index is 14.0. The Kier molecular flexibility index (Phi) is 10.0. The van der Waals surface area contributed by atoms with Gasteiger partial charge in [0.2, 0.25) is 6.29 Å². The number of alkyl halides is 1. The summed E-state index contributed by atoms with van der Waals surface area (Å²) in [5, 5.41) is 39.7. The van der Waals surface area contributed by atoms with Crippen LogP contribution in [0.4, 0.5) is 4.39 Å². The summed E-state index contributed by atoms with van der Waals surface area (Å²) in [6.07, 6.45) is -5.89. The first-order valence-electron chi connectivity index (χ1n) is 10.9. The van der Waals surface area contributed by atoms with Gasteiger partial charge in [0.05, 0.1) is 13.7 Å². The van der Waals surface area contributed by atoms with Crippen LogP contribution in [0.1, 0.15) is 35.3 Å². The second-order valence-corrected chi connectivity index (χ2v) is 7.40. The number of ketones is 1. The second kappa shape index (κ2) is 12.5. The largest absolute Gasteiger partial charge is 0.507 e. The Bertz CT molecular complexity index is 974. The molecule has 1 saturated heterocycles. The molecule has 0 amide bonds. The van der Waals surface area contributed by atoms with E-state index < -0.39 is 43.2 Å². The van der Waals surface area contributed by atoms with Crippen LogP contribution in [0.15, 0.2) is 42.5 Å². The lowest BCUT2D eigenvalue weighted by molar-refractivity contribution is -0.265. The zero-order chi connectivity index (χ0) is 25.4. The van der Waals surface area contributed by atoms with E-state index in [0.717, 1.165) is 0 Å². The Morgan fingerprint density at radius 3 is 2.38 bits per heavy atom. The van der Waals surface area contributed by atoms with Crippen LogP contribution in [0.2, 0.25) is 0 Å². The number of aliphatic hydroxyl groups excluding tert-OH is 3. The third-order valence-electron chi connectivity index (χ3n) is 5.06. The first kappa shape index (κ1) is 27.3. The van der Waals surface area contributed by atoms with Gasteiger partial charge in [-0.15, -0.1) is 0 Å². The highest BCUT2D eigenvalue weighted by Gasteiger charge is 2.46. The van der Waals surface area contributed by atoms with Crippen molar-refractivity contribution in [2.75, 3.05) is 13.7 Å². The van der Waals surface area contributed by atoms with Crippen LogP contribution in [0, 0.1) is 6.92 Å². The quantitative estimate of drug-likeness (QED) is 0.354. The Hall–Kier alpha value is -2.98. The van der Waals surface area contributed by atoms with Gasteiger partial charge in [-0.3, -0.25) is 4.79 Å². The van der Waals surface area contributed by atoms with Gasteiger partial charge in [0.1, 0.15) is 41.1 Å². The van der Waals surface area contributed by atoms with Crippen molar-refractivity contribution in [3.8, 4) is 17.2 Å². The lowest BCUT2D eigenvalue weighted by Gasteiger charge is -2.38. The lowest BCUT2D eigenvalue weighted by Crippen LogP contribution is -2.58. The summed E-state index contributed by atoms with van der Waals surface area (Å²) >= 11 is 0. The van der Waals surface area contributed by atoms with Crippen LogP contribution in [0.25, 0.3) is 6.08 Å². The minimum atomic E-state index is -2.02. The maximum Gasteiger partial charge on any atom is 0.229 e. The number of phenols is 1. The van der Waals surface area contributed by atoms with Gasteiger partial charge in [-0.05, 0) is 48.4 Å². The van der Waals surface area contributed by atoms with E-state index in [-0.39, 0.29) is 17.1 Å². The first-order valence-corrected chi connectivity index (χ1v) is 10.9. The molecule has 3 rings (SSSR count). The summed E-state index contributed by atoms with van der Waals surface area (Å²) in [5.41, 5.74) is 1.05. The summed E-state index contributed by atoms with van der Waals surface area (Å²) in [7, 11) is 1.54. The number of benzene rings is 2. The summed E-state index contributed by atoms with van der Waals surface area (Å²) < 4.78 is 29.9. The number of methoxy groups -OCH3 is 1. The third-order valence-corrected chi connectivity index (χ3v) is 5.06. The number of aromatic hydroxyl groups is 1. The van der Waals surface area contributed by atoms with Crippen LogP contribution < -0.4 is 9.47 Å². The molecule has 1 aliphatic heterocycles. The number of ether oxygens (including phenoxy) is 3. The SMILES string of the molecule is CC.COc1ccc(/C=C/C(=O)c2c(O)cc(C)cc2OC2OC(CO)C(F)C(O)C2O)cc1. The van der Waals surface area contributed by atoms with E-state index in [1.807, 2.05) is 13.8 Å². The molecule has 0 aliphatic carbocycles. The third kappa shape index (κ3) is 6.32. The van der Waals surface area contributed by atoms with Crippen molar-refractivity contribution in [1.82, 2.24) is 0 Å². The number of phenolic OH excluding ortho intramolecular Hbond substituents is 1. The molecule has 0 spiro atoms. The van der Waals surface area contributed by atoms with Crippen molar-refractivity contribution < 1.29 is 43.8 Å². The van der Waals surface area contributed by atoms with Crippen molar-refractivity contribution in [1.29, 1.82) is 0 Å². The first-order chi connectivity index (χ1) is 16.2. The van der Waals surface area contributed by atoms with Crippen LogP contribution >= 0.6 is 0 Å². The van der Waals surface area contributed by atoms with Crippen LogP contribution in [-0.4, -0.2) is 70.7 Å². The molecular formula is C25H31FO8. The van der Waals surface area contributed by atoms with E-state index in [1.165, 1.54) is 24.3 Å². The number of carbonyl (C=O) groups is 1. The smallest absolute Gasteiger partial charge is 0.229 e. The van der Waals surface area contributed by atoms with Crippen molar-refractivity contribution in [2.45, 2.75) is 51.5 Å². The number of halogens is 1. The van der Waals surface area contributed by atoms with Gasteiger partial charge in [-0.2, -0.15) is 0 Å². The summed E-state index contributed by atoms with van der Waals surface area (Å²) in [5.74, 6) is -0.430. The summed E-state index contributed by atoms with van der Waals surface area (Å²) in [4.78, 5) is 12.8. The van der Waals surface area contributed by atoms with Crippen LogP contribution in [0.3, 0.4) is 0 Å². The van der Waals surface area contributed by atoms with Gasteiger partial charge < -0.3 is 34.6 Å². The van der Waals surface area contributed by atoms with Gasteiger partial charge in [0.15, 0.2) is 12.0 Å². The molecule has 34 heavy (non-hydrogen) atoms. The molecule has 5 unspecified atom stereocenters. The predicted molar refractivity (Wildman–Crippen MR) is 124 cm³/mol. The molecular weight excluding hydrogens is 447 g/mol. The molecule has 0 radical (unpaired) electrons. The summed E-state index contributed by atoms with van der Waals surface area (Å²) in [6, 6.07) is 9.74. The van der Waals surface area contributed by atoms with E-state index in [2.05, 4.69) is 0 Å². The fourth-order valence-corrected chi connectivity index (χ4v) is 3.31. The Morgan fingerprint density at radius 2 is 1.79 bits per heavy atom. The van der Waals surface area contributed by atoms with Gasteiger partial charge in [-0.1, -0.05) is 32.1 Å². The zero-order valence-corrected chi connectivity index (χ0v) is 19.5. The molecule has 9 heteroatoms.